The van der Waals surface area contributed by atoms with Gasteiger partial charge in [0.2, 0.25) is 0 Å². The quantitative estimate of drug-likeness (QED) is 0.678. The summed E-state index contributed by atoms with van der Waals surface area (Å²) in [6, 6.07) is 8.84. The van der Waals surface area contributed by atoms with E-state index in [-0.39, 0.29) is 0 Å². The van der Waals surface area contributed by atoms with Crippen molar-refractivity contribution in [3.05, 3.63) is 53.9 Å². The van der Waals surface area contributed by atoms with Gasteiger partial charge in [-0.15, -0.1) is 0 Å². The maximum Gasteiger partial charge on any atom is 0.320 e. The van der Waals surface area contributed by atoms with Crippen LogP contribution in [0.4, 0.5) is 0 Å². The third-order valence-corrected chi connectivity index (χ3v) is 3.93. The van der Waals surface area contributed by atoms with Gasteiger partial charge in [0.05, 0.1) is 7.11 Å². The number of carbonyl (C=O) groups is 1. The second-order valence-electron chi connectivity index (χ2n) is 6.53. The predicted octanol–water partition coefficient (Wildman–Crippen LogP) is 3.26. The molecule has 1 heterocycles. The Kier molecular flexibility index (Phi) is 7.41. The number of nitrogens with one attached hydrogen (secondary N) is 1. The lowest BCUT2D eigenvalue weighted by Crippen LogP contribution is -2.37. The highest BCUT2D eigenvalue weighted by molar-refractivity contribution is 5.73. The zero-order valence-corrected chi connectivity index (χ0v) is 15.4. The van der Waals surface area contributed by atoms with Crippen LogP contribution in [0.15, 0.2) is 42.7 Å². The van der Waals surface area contributed by atoms with Crippen LogP contribution < -0.4 is 14.8 Å². The van der Waals surface area contributed by atoms with E-state index in [4.69, 9.17) is 9.47 Å². The molecule has 26 heavy (non-hydrogen) atoms. The summed E-state index contributed by atoms with van der Waals surface area (Å²) in [5.74, 6) is 0.740. The van der Waals surface area contributed by atoms with Crippen molar-refractivity contribution >= 4 is 5.97 Å². The molecule has 0 fully saturated rings. The van der Waals surface area contributed by atoms with E-state index in [0.29, 0.717) is 37.0 Å². The third kappa shape index (κ3) is 6.04. The Labute approximate surface area is 154 Å². The molecule has 6 heteroatoms. The van der Waals surface area contributed by atoms with Crippen molar-refractivity contribution in [2.24, 2.45) is 5.92 Å². The van der Waals surface area contributed by atoms with Gasteiger partial charge in [0.25, 0.3) is 0 Å². The van der Waals surface area contributed by atoms with Crippen molar-refractivity contribution in [3.63, 3.8) is 0 Å². The molecule has 1 aromatic heterocycles. The van der Waals surface area contributed by atoms with Gasteiger partial charge in [-0.1, -0.05) is 19.9 Å². The van der Waals surface area contributed by atoms with Gasteiger partial charge in [-0.3, -0.25) is 9.78 Å². The Balaban J connectivity index is 1.99. The largest absolute Gasteiger partial charge is 0.493 e. The molecule has 0 aliphatic heterocycles. The highest BCUT2D eigenvalue weighted by atomic mass is 16.5. The summed E-state index contributed by atoms with van der Waals surface area (Å²) in [5.41, 5.74) is 1.96. The van der Waals surface area contributed by atoms with Crippen LogP contribution in [0, 0.1) is 5.92 Å². The summed E-state index contributed by atoms with van der Waals surface area (Å²) in [7, 11) is 1.59. The summed E-state index contributed by atoms with van der Waals surface area (Å²) in [5, 5.41) is 12.4. The smallest absolute Gasteiger partial charge is 0.320 e. The number of carboxylic acids is 1. The van der Waals surface area contributed by atoms with Crippen LogP contribution >= 0.6 is 0 Å². The number of aromatic nitrogens is 1. The number of benzene rings is 1. The van der Waals surface area contributed by atoms with Gasteiger partial charge >= 0.3 is 5.97 Å². The highest BCUT2D eigenvalue weighted by Gasteiger charge is 2.18. The van der Waals surface area contributed by atoms with Crippen LogP contribution in [0.3, 0.4) is 0 Å². The van der Waals surface area contributed by atoms with Crippen LogP contribution in [0.5, 0.6) is 11.5 Å². The lowest BCUT2D eigenvalue weighted by atomic mass is 10.0. The number of rotatable bonds is 10. The first-order valence-corrected chi connectivity index (χ1v) is 8.64. The Morgan fingerprint density at radius 2 is 1.88 bits per heavy atom. The molecule has 140 valence electrons. The van der Waals surface area contributed by atoms with Crippen molar-refractivity contribution in [2.45, 2.75) is 39.5 Å². The van der Waals surface area contributed by atoms with E-state index in [1.165, 1.54) is 0 Å². The minimum Gasteiger partial charge on any atom is -0.493 e. The molecule has 1 aromatic carbocycles. The third-order valence-electron chi connectivity index (χ3n) is 3.93. The number of ether oxygens (including phenoxy) is 2. The summed E-state index contributed by atoms with van der Waals surface area (Å²) in [6.07, 6.45) is 4.03. The topological polar surface area (TPSA) is 80.7 Å². The Hall–Kier alpha value is -2.60. The maximum atomic E-state index is 11.3. The van der Waals surface area contributed by atoms with Gasteiger partial charge in [-0.05, 0) is 47.7 Å². The molecular formula is C20H26N2O4. The SMILES string of the molecule is COc1cc(CNC(CC(C)C)C(=O)O)ccc1OCc1ccncc1. The second-order valence-corrected chi connectivity index (χ2v) is 6.53. The van der Waals surface area contributed by atoms with Gasteiger partial charge in [-0.2, -0.15) is 0 Å². The molecule has 0 spiro atoms. The van der Waals surface area contributed by atoms with E-state index < -0.39 is 12.0 Å². The molecule has 1 atom stereocenters. The molecule has 2 aromatic rings. The van der Waals surface area contributed by atoms with Crippen LogP contribution in [0.25, 0.3) is 0 Å². The van der Waals surface area contributed by atoms with E-state index in [1.807, 2.05) is 44.2 Å². The minimum absolute atomic E-state index is 0.307. The second kappa shape index (κ2) is 9.77. The minimum atomic E-state index is -0.831. The molecule has 0 bridgehead atoms. The van der Waals surface area contributed by atoms with Gasteiger partial charge < -0.3 is 19.9 Å². The summed E-state index contributed by atoms with van der Waals surface area (Å²) in [6.45, 7) is 4.89. The first-order chi connectivity index (χ1) is 12.5. The normalized spacial score (nSPS) is 12.0. The molecule has 0 aliphatic carbocycles. The first-order valence-electron chi connectivity index (χ1n) is 8.64. The fourth-order valence-electron chi connectivity index (χ4n) is 2.57. The fourth-order valence-corrected chi connectivity index (χ4v) is 2.57. The standard InChI is InChI=1S/C20H26N2O4/c1-14(2)10-17(20(23)24)22-12-16-4-5-18(19(11-16)25-3)26-13-15-6-8-21-9-7-15/h4-9,11,14,17,22H,10,12-13H2,1-3H3,(H,23,24). The summed E-state index contributed by atoms with van der Waals surface area (Å²) >= 11 is 0. The van der Waals surface area contributed by atoms with Crippen LogP contribution in [0.2, 0.25) is 0 Å². The van der Waals surface area contributed by atoms with Gasteiger partial charge in [-0.25, -0.2) is 0 Å². The number of nitrogens with zero attached hydrogens (tertiary/aromatic N) is 1. The first kappa shape index (κ1) is 19.7. The molecule has 0 aliphatic rings. The average Bonchev–Trinajstić information content (AvgIpc) is 2.64. The van der Waals surface area contributed by atoms with Gasteiger partial charge in [0.15, 0.2) is 11.5 Å². The monoisotopic (exact) mass is 358 g/mol. The van der Waals surface area contributed by atoms with E-state index in [2.05, 4.69) is 10.3 Å². The Bertz CT molecular complexity index is 704. The number of pyridine rings is 1. The average molecular weight is 358 g/mol. The van der Waals surface area contributed by atoms with Crippen molar-refractivity contribution in [2.75, 3.05) is 7.11 Å². The van der Waals surface area contributed by atoms with Crippen molar-refractivity contribution in [3.8, 4) is 11.5 Å². The van der Waals surface area contributed by atoms with Crippen LogP contribution in [-0.4, -0.2) is 29.2 Å². The van der Waals surface area contributed by atoms with Gasteiger partial charge in [0, 0.05) is 18.9 Å². The fraction of sp³-hybridized carbons (Fsp3) is 0.400. The van der Waals surface area contributed by atoms with Crippen LogP contribution in [-0.2, 0) is 17.9 Å². The van der Waals surface area contributed by atoms with Crippen molar-refractivity contribution in [1.82, 2.24) is 10.3 Å². The predicted molar refractivity (Wildman–Crippen MR) is 99.3 cm³/mol. The molecule has 2 rings (SSSR count). The zero-order chi connectivity index (χ0) is 18.9. The summed E-state index contributed by atoms with van der Waals surface area (Å²) in [4.78, 5) is 15.3. The molecular weight excluding hydrogens is 332 g/mol. The Morgan fingerprint density at radius 3 is 2.50 bits per heavy atom. The number of carboxylic acid groups (broad SMARTS) is 1. The van der Waals surface area contributed by atoms with E-state index >= 15 is 0 Å². The van der Waals surface area contributed by atoms with E-state index in [9.17, 15) is 9.90 Å². The molecule has 0 saturated carbocycles. The molecule has 0 saturated heterocycles. The van der Waals surface area contributed by atoms with Gasteiger partial charge in [0.1, 0.15) is 12.6 Å². The van der Waals surface area contributed by atoms with E-state index in [1.54, 1.807) is 19.5 Å². The molecule has 2 N–H and O–H groups in total. The number of hydrogen-bond acceptors (Lipinski definition) is 5. The number of aliphatic carboxylic acids is 1. The summed E-state index contributed by atoms with van der Waals surface area (Å²) < 4.78 is 11.2. The lowest BCUT2D eigenvalue weighted by Gasteiger charge is -2.17. The molecule has 1 unspecified atom stereocenters. The molecule has 0 amide bonds. The molecule has 6 nitrogen and oxygen atoms in total. The van der Waals surface area contributed by atoms with Crippen LogP contribution in [0.1, 0.15) is 31.4 Å². The zero-order valence-electron chi connectivity index (χ0n) is 15.4. The van der Waals surface area contributed by atoms with Crippen molar-refractivity contribution < 1.29 is 19.4 Å². The maximum absolute atomic E-state index is 11.3. The van der Waals surface area contributed by atoms with E-state index in [0.717, 1.165) is 11.1 Å². The number of methoxy groups -OCH3 is 1. The lowest BCUT2D eigenvalue weighted by molar-refractivity contribution is -0.140. The van der Waals surface area contributed by atoms with Crippen molar-refractivity contribution in [1.29, 1.82) is 0 Å². The Morgan fingerprint density at radius 1 is 1.15 bits per heavy atom. The molecule has 0 radical (unpaired) electrons. The highest BCUT2D eigenvalue weighted by Crippen LogP contribution is 2.29. The number of hydrogen-bond donors (Lipinski definition) is 2.